The zero-order valence-electron chi connectivity index (χ0n) is 36.0. The molecule has 310 valence electrons. The van der Waals surface area contributed by atoms with Crippen LogP contribution >= 0.6 is 22.7 Å². The van der Waals surface area contributed by atoms with E-state index >= 15 is 0 Å². The molecule has 0 bridgehead atoms. The summed E-state index contributed by atoms with van der Waals surface area (Å²) in [4.78, 5) is 16.0. The summed E-state index contributed by atoms with van der Waals surface area (Å²) in [6, 6.07) is 67.7. The molecule has 9 aromatic carbocycles. The van der Waals surface area contributed by atoms with E-state index in [-0.39, 0.29) is 5.41 Å². The highest BCUT2D eigenvalue weighted by Gasteiger charge is 2.35. The van der Waals surface area contributed by atoms with Gasteiger partial charge >= 0.3 is 0 Å². The van der Waals surface area contributed by atoms with Crippen molar-refractivity contribution in [3.63, 3.8) is 0 Å². The third kappa shape index (κ3) is 5.65. The lowest BCUT2D eigenvalue weighted by molar-refractivity contribution is 0.660. The SMILES string of the molecule is CC1(C)c2ccccc2-c2ccc(-c3ccc(-c4ccc5oc6cccc(-c7nc(-c8ccc9sc%10ccccc%10c9c8)nc(-c8cccc9sc%10ccccc%10c89)n7)c6c5c4)cc3)cc21. The molecule has 14 rings (SSSR count). The molecule has 4 heterocycles. The van der Waals surface area contributed by atoms with Crippen LogP contribution in [0, 0.1) is 0 Å². The normalized spacial score (nSPS) is 13.1. The molecule has 0 amide bonds. The van der Waals surface area contributed by atoms with Gasteiger partial charge in [0.25, 0.3) is 0 Å². The number of aromatic nitrogens is 3. The zero-order valence-corrected chi connectivity index (χ0v) is 37.6. The maximum atomic E-state index is 6.60. The van der Waals surface area contributed by atoms with Gasteiger partial charge < -0.3 is 4.42 Å². The highest BCUT2D eigenvalue weighted by atomic mass is 32.1. The van der Waals surface area contributed by atoms with Crippen LogP contribution in [0.5, 0.6) is 0 Å². The molecule has 13 aromatic rings. The molecule has 0 atom stereocenters. The topological polar surface area (TPSA) is 51.8 Å². The van der Waals surface area contributed by atoms with Gasteiger partial charge in [0, 0.05) is 73.2 Å². The molecule has 0 N–H and O–H groups in total. The average molecular weight is 880 g/mol. The van der Waals surface area contributed by atoms with E-state index < -0.39 is 0 Å². The summed E-state index contributed by atoms with van der Waals surface area (Å²) in [6.45, 7) is 4.67. The number of hydrogen-bond donors (Lipinski definition) is 0. The van der Waals surface area contributed by atoms with Crippen LogP contribution < -0.4 is 0 Å². The van der Waals surface area contributed by atoms with Crippen LogP contribution in [0.4, 0.5) is 0 Å². The first-order valence-electron chi connectivity index (χ1n) is 22.3. The summed E-state index contributed by atoms with van der Waals surface area (Å²) in [7, 11) is 0. The first kappa shape index (κ1) is 37.6. The molecule has 4 aromatic heterocycles. The van der Waals surface area contributed by atoms with Gasteiger partial charge in [-0.15, -0.1) is 22.7 Å². The first-order chi connectivity index (χ1) is 32.4. The minimum absolute atomic E-state index is 0.0470. The van der Waals surface area contributed by atoms with Crippen LogP contribution in [0.3, 0.4) is 0 Å². The maximum absolute atomic E-state index is 6.60. The maximum Gasteiger partial charge on any atom is 0.164 e. The van der Waals surface area contributed by atoms with E-state index in [4.69, 9.17) is 19.4 Å². The second kappa shape index (κ2) is 14.1. The van der Waals surface area contributed by atoms with Gasteiger partial charge in [0.05, 0.1) is 0 Å². The van der Waals surface area contributed by atoms with Crippen molar-refractivity contribution >= 4 is 85.0 Å². The van der Waals surface area contributed by atoms with E-state index in [9.17, 15) is 0 Å². The molecular weight excluding hydrogens is 843 g/mol. The quantitative estimate of drug-likeness (QED) is 0.173. The molecule has 0 saturated carbocycles. The largest absolute Gasteiger partial charge is 0.456 e. The molecular formula is C60H37N3OS2. The molecule has 0 saturated heterocycles. The monoisotopic (exact) mass is 879 g/mol. The smallest absolute Gasteiger partial charge is 0.164 e. The Balaban J connectivity index is 0.910. The number of rotatable bonds is 5. The number of nitrogens with zero attached hydrogens (tertiary/aromatic N) is 3. The first-order valence-corrected chi connectivity index (χ1v) is 24.0. The Kier molecular flexibility index (Phi) is 8.04. The Morgan fingerprint density at radius 3 is 1.71 bits per heavy atom. The van der Waals surface area contributed by atoms with E-state index in [2.05, 4.69) is 190 Å². The Labute approximate surface area is 388 Å². The van der Waals surface area contributed by atoms with Crippen LogP contribution in [0.2, 0.25) is 0 Å². The molecule has 1 aliphatic rings. The van der Waals surface area contributed by atoms with E-state index in [1.165, 1.54) is 68.3 Å². The van der Waals surface area contributed by atoms with Crippen LogP contribution in [0.1, 0.15) is 25.0 Å². The summed E-state index contributed by atoms with van der Waals surface area (Å²) >= 11 is 3.61. The Bertz CT molecular complexity index is 4150. The Hall–Kier alpha value is -7.77. The van der Waals surface area contributed by atoms with Crippen molar-refractivity contribution in [1.82, 2.24) is 15.0 Å². The fraction of sp³-hybridized carbons (Fsp3) is 0.0500. The molecule has 6 heteroatoms. The second-order valence-electron chi connectivity index (χ2n) is 17.9. The summed E-state index contributed by atoms with van der Waals surface area (Å²) in [6.07, 6.45) is 0. The van der Waals surface area contributed by atoms with Gasteiger partial charge in [0.15, 0.2) is 17.5 Å². The van der Waals surface area contributed by atoms with Gasteiger partial charge in [0.2, 0.25) is 0 Å². The highest BCUT2D eigenvalue weighted by molar-refractivity contribution is 7.26. The van der Waals surface area contributed by atoms with E-state index in [0.29, 0.717) is 17.5 Å². The van der Waals surface area contributed by atoms with E-state index in [1.807, 2.05) is 23.5 Å². The number of fused-ring (bicyclic) bond motifs is 12. The van der Waals surface area contributed by atoms with Crippen molar-refractivity contribution in [3.05, 3.63) is 199 Å². The van der Waals surface area contributed by atoms with Crippen LogP contribution in [0.25, 0.3) is 130 Å². The van der Waals surface area contributed by atoms with Gasteiger partial charge in [-0.2, -0.15) is 0 Å². The molecule has 0 aliphatic heterocycles. The molecule has 0 unspecified atom stereocenters. The summed E-state index contributed by atoms with van der Waals surface area (Å²) in [5.41, 5.74) is 14.5. The molecule has 1 aliphatic carbocycles. The van der Waals surface area contributed by atoms with E-state index in [0.717, 1.165) is 55.1 Å². The number of benzene rings is 9. The lowest BCUT2D eigenvalue weighted by atomic mass is 9.81. The van der Waals surface area contributed by atoms with Gasteiger partial charge in [-0.1, -0.05) is 141 Å². The molecule has 0 fully saturated rings. The molecule has 0 radical (unpaired) electrons. The predicted molar refractivity (Wildman–Crippen MR) is 278 cm³/mol. The highest BCUT2D eigenvalue weighted by Crippen LogP contribution is 2.50. The van der Waals surface area contributed by atoms with Crippen molar-refractivity contribution < 1.29 is 4.42 Å². The summed E-state index contributed by atoms with van der Waals surface area (Å²) in [5, 5.41) is 6.80. The molecule has 0 spiro atoms. The Morgan fingerprint density at radius 1 is 0.348 bits per heavy atom. The van der Waals surface area contributed by atoms with Crippen molar-refractivity contribution in [2.45, 2.75) is 19.3 Å². The van der Waals surface area contributed by atoms with Crippen molar-refractivity contribution in [1.29, 1.82) is 0 Å². The minimum atomic E-state index is -0.0470. The Morgan fingerprint density at radius 2 is 0.894 bits per heavy atom. The average Bonchev–Trinajstić information content (AvgIpc) is 4.11. The van der Waals surface area contributed by atoms with Crippen LogP contribution in [0.15, 0.2) is 192 Å². The molecule has 66 heavy (non-hydrogen) atoms. The number of hydrogen-bond acceptors (Lipinski definition) is 6. The fourth-order valence-corrected chi connectivity index (χ4v) is 12.7. The van der Waals surface area contributed by atoms with Gasteiger partial charge in [-0.25, -0.2) is 15.0 Å². The van der Waals surface area contributed by atoms with Crippen molar-refractivity contribution in [2.75, 3.05) is 0 Å². The third-order valence-corrected chi connectivity index (χ3v) is 16.1. The second-order valence-corrected chi connectivity index (χ2v) is 20.1. The number of furan rings is 1. The minimum Gasteiger partial charge on any atom is -0.456 e. The van der Waals surface area contributed by atoms with Crippen molar-refractivity contribution in [3.8, 4) is 67.5 Å². The van der Waals surface area contributed by atoms with Gasteiger partial charge in [-0.3, -0.25) is 0 Å². The predicted octanol–water partition coefficient (Wildman–Crippen LogP) is 17.1. The molecule has 4 nitrogen and oxygen atoms in total. The lowest BCUT2D eigenvalue weighted by Crippen LogP contribution is -2.14. The van der Waals surface area contributed by atoms with E-state index in [1.54, 1.807) is 11.3 Å². The van der Waals surface area contributed by atoms with Crippen LogP contribution in [-0.2, 0) is 5.41 Å². The summed E-state index contributed by atoms with van der Waals surface area (Å²) in [5.74, 6) is 1.87. The third-order valence-electron chi connectivity index (χ3n) is 13.8. The number of thiophene rings is 2. The van der Waals surface area contributed by atoms with Crippen LogP contribution in [-0.4, -0.2) is 15.0 Å². The van der Waals surface area contributed by atoms with Gasteiger partial charge in [0.1, 0.15) is 11.2 Å². The fourth-order valence-electron chi connectivity index (χ4n) is 10.5. The van der Waals surface area contributed by atoms with Gasteiger partial charge in [-0.05, 0) is 105 Å². The van der Waals surface area contributed by atoms with Crippen molar-refractivity contribution in [2.24, 2.45) is 0 Å². The lowest BCUT2D eigenvalue weighted by Gasteiger charge is -2.22. The standard InChI is InChI=1S/C60H37N3OS2/c1-60(2)47-16-6-3-11-39(47)40-28-25-37(33-48(40)60)35-23-21-34(22-24-35)36-26-29-49-46(31-36)55-43(14-9-17-50(55)64-49)58-61-57(38-27-30-53-45(32-38)41-12-4-7-18-51(41)65-53)62-59(63-58)44-15-10-20-54-56(44)42-13-5-8-19-52(42)66-54/h3-33H,1-2H3. The summed E-state index contributed by atoms with van der Waals surface area (Å²) < 4.78 is 11.5. The zero-order chi connectivity index (χ0) is 43.7.